The molecule has 0 aliphatic rings. The molecule has 0 saturated heterocycles. The molecule has 0 aliphatic heterocycles. The molecule has 4 heteroatoms. The molecule has 0 saturated carbocycles. The standard InChI is InChI=1S/C12H15N3O/c1-9(8-13)12(16)14-10-4-6-11(7-5-10)15(2)3/h4-7,9H,1-3H3,(H,14,16). The van der Waals surface area contributed by atoms with Crippen molar-refractivity contribution < 1.29 is 4.79 Å². The largest absolute Gasteiger partial charge is 0.378 e. The molecule has 1 rings (SSSR count). The number of benzene rings is 1. The van der Waals surface area contributed by atoms with Gasteiger partial charge in [-0.05, 0) is 31.2 Å². The molecule has 1 N–H and O–H groups in total. The first kappa shape index (κ1) is 12.1. The van der Waals surface area contributed by atoms with E-state index in [1.807, 2.05) is 49.3 Å². The molecule has 0 aliphatic carbocycles. The normalized spacial score (nSPS) is 11.4. The van der Waals surface area contributed by atoms with E-state index in [1.165, 1.54) is 0 Å². The number of anilines is 2. The Balaban J connectivity index is 2.70. The minimum absolute atomic E-state index is 0.278. The van der Waals surface area contributed by atoms with E-state index in [0.717, 1.165) is 5.69 Å². The van der Waals surface area contributed by atoms with E-state index in [-0.39, 0.29) is 5.91 Å². The number of nitrogens with zero attached hydrogens (tertiary/aromatic N) is 2. The SMILES string of the molecule is CC(C#N)C(=O)Nc1ccc(N(C)C)cc1. The molecule has 0 radical (unpaired) electrons. The molecule has 84 valence electrons. The lowest BCUT2D eigenvalue weighted by atomic mass is 10.2. The quantitative estimate of drug-likeness (QED) is 0.840. The van der Waals surface area contributed by atoms with Crippen molar-refractivity contribution in [2.24, 2.45) is 5.92 Å². The van der Waals surface area contributed by atoms with Crippen LogP contribution >= 0.6 is 0 Å². The van der Waals surface area contributed by atoms with Crippen LogP contribution in [0.5, 0.6) is 0 Å². The molecule has 0 spiro atoms. The second kappa shape index (κ2) is 5.17. The van der Waals surface area contributed by atoms with Crippen LogP contribution in [0.2, 0.25) is 0 Å². The summed E-state index contributed by atoms with van der Waals surface area (Å²) < 4.78 is 0. The maximum Gasteiger partial charge on any atom is 0.241 e. The summed E-state index contributed by atoms with van der Waals surface area (Å²) in [5.41, 5.74) is 1.77. The van der Waals surface area contributed by atoms with Crippen LogP contribution in [0, 0.1) is 17.2 Å². The lowest BCUT2D eigenvalue weighted by Crippen LogP contribution is -2.19. The molecule has 1 amide bonds. The van der Waals surface area contributed by atoms with E-state index in [4.69, 9.17) is 5.26 Å². The van der Waals surface area contributed by atoms with E-state index >= 15 is 0 Å². The molecule has 16 heavy (non-hydrogen) atoms. The fraction of sp³-hybridized carbons (Fsp3) is 0.333. The lowest BCUT2D eigenvalue weighted by Gasteiger charge is -2.13. The molecule has 0 aromatic heterocycles. The predicted octanol–water partition coefficient (Wildman–Crippen LogP) is 1.85. The summed E-state index contributed by atoms with van der Waals surface area (Å²) in [6, 6.07) is 9.35. The topological polar surface area (TPSA) is 56.1 Å². The maximum atomic E-state index is 11.4. The second-order valence-electron chi connectivity index (χ2n) is 3.78. The summed E-state index contributed by atoms with van der Waals surface area (Å²) in [7, 11) is 3.90. The van der Waals surface area contributed by atoms with Gasteiger partial charge in [-0.25, -0.2) is 0 Å². The lowest BCUT2D eigenvalue weighted by molar-refractivity contribution is -0.117. The minimum atomic E-state index is -0.631. The van der Waals surface area contributed by atoms with Crippen LogP contribution in [0.3, 0.4) is 0 Å². The van der Waals surface area contributed by atoms with Gasteiger partial charge < -0.3 is 10.2 Å². The fourth-order valence-corrected chi connectivity index (χ4v) is 1.15. The van der Waals surface area contributed by atoms with E-state index < -0.39 is 5.92 Å². The Bertz CT molecular complexity index is 403. The molecule has 4 nitrogen and oxygen atoms in total. The van der Waals surface area contributed by atoms with Crippen molar-refractivity contribution in [1.82, 2.24) is 0 Å². The van der Waals surface area contributed by atoms with Gasteiger partial charge in [-0.1, -0.05) is 0 Å². The monoisotopic (exact) mass is 217 g/mol. The highest BCUT2D eigenvalue weighted by atomic mass is 16.1. The van der Waals surface area contributed by atoms with Crippen molar-refractivity contribution in [2.75, 3.05) is 24.3 Å². The van der Waals surface area contributed by atoms with E-state index in [9.17, 15) is 4.79 Å². The highest BCUT2D eigenvalue weighted by molar-refractivity contribution is 5.93. The predicted molar refractivity (Wildman–Crippen MR) is 64.2 cm³/mol. The number of amides is 1. The highest BCUT2D eigenvalue weighted by Crippen LogP contribution is 2.16. The maximum absolute atomic E-state index is 11.4. The molecule has 0 heterocycles. The number of rotatable bonds is 3. The van der Waals surface area contributed by atoms with E-state index in [0.29, 0.717) is 5.69 Å². The fourth-order valence-electron chi connectivity index (χ4n) is 1.15. The minimum Gasteiger partial charge on any atom is -0.378 e. The van der Waals surface area contributed by atoms with Crippen molar-refractivity contribution in [2.45, 2.75) is 6.92 Å². The molecular weight excluding hydrogens is 202 g/mol. The van der Waals surface area contributed by atoms with E-state index in [1.54, 1.807) is 6.92 Å². The number of carbonyl (C=O) groups excluding carboxylic acids is 1. The third-order valence-electron chi connectivity index (χ3n) is 2.24. The van der Waals surface area contributed by atoms with Crippen molar-refractivity contribution >= 4 is 17.3 Å². The summed E-state index contributed by atoms with van der Waals surface area (Å²) >= 11 is 0. The first-order valence-corrected chi connectivity index (χ1v) is 5.02. The molecule has 1 atom stereocenters. The molecule has 0 fully saturated rings. The van der Waals surface area contributed by atoms with Crippen molar-refractivity contribution in [3.63, 3.8) is 0 Å². The Labute approximate surface area is 95.5 Å². The van der Waals surface area contributed by atoms with Gasteiger partial charge in [0.25, 0.3) is 0 Å². The average Bonchev–Trinajstić information content (AvgIpc) is 2.28. The third kappa shape index (κ3) is 2.99. The van der Waals surface area contributed by atoms with Gasteiger partial charge in [-0.15, -0.1) is 0 Å². The van der Waals surface area contributed by atoms with Gasteiger partial charge in [0.2, 0.25) is 5.91 Å². The van der Waals surface area contributed by atoms with Crippen LogP contribution in [-0.4, -0.2) is 20.0 Å². The summed E-state index contributed by atoms with van der Waals surface area (Å²) in [5.74, 6) is -0.909. The summed E-state index contributed by atoms with van der Waals surface area (Å²) in [4.78, 5) is 13.4. The first-order valence-electron chi connectivity index (χ1n) is 5.02. The summed E-state index contributed by atoms with van der Waals surface area (Å²) in [5, 5.41) is 11.3. The Kier molecular flexibility index (Phi) is 3.90. The van der Waals surface area contributed by atoms with Crippen molar-refractivity contribution in [3.8, 4) is 6.07 Å². The van der Waals surface area contributed by atoms with Crippen LogP contribution in [0.1, 0.15) is 6.92 Å². The molecule has 1 unspecified atom stereocenters. The third-order valence-corrected chi connectivity index (χ3v) is 2.24. The number of nitrogens with one attached hydrogen (secondary N) is 1. The van der Waals surface area contributed by atoms with Crippen LogP contribution < -0.4 is 10.2 Å². The molecule has 1 aromatic rings. The number of hydrogen-bond donors (Lipinski definition) is 1. The van der Waals surface area contributed by atoms with Crippen LogP contribution in [0.15, 0.2) is 24.3 Å². The van der Waals surface area contributed by atoms with Gasteiger partial charge >= 0.3 is 0 Å². The molecule has 1 aromatic carbocycles. The van der Waals surface area contributed by atoms with Crippen LogP contribution in [0.25, 0.3) is 0 Å². The number of hydrogen-bond acceptors (Lipinski definition) is 3. The summed E-state index contributed by atoms with van der Waals surface area (Å²) in [6.07, 6.45) is 0. The van der Waals surface area contributed by atoms with Gasteiger partial charge in [0.1, 0.15) is 5.92 Å². The van der Waals surface area contributed by atoms with Crippen molar-refractivity contribution in [1.29, 1.82) is 5.26 Å². The van der Waals surface area contributed by atoms with Gasteiger partial charge in [0.05, 0.1) is 6.07 Å². The second-order valence-corrected chi connectivity index (χ2v) is 3.78. The highest BCUT2D eigenvalue weighted by Gasteiger charge is 2.11. The van der Waals surface area contributed by atoms with Crippen LogP contribution in [-0.2, 0) is 4.79 Å². The molecule has 0 bridgehead atoms. The smallest absolute Gasteiger partial charge is 0.241 e. The molecular formula is C12H15N3O. The Morgan fingerprint density at radius 1 is 1.38 bits per heavy atom. The Morgan fingerprint density at radius 2 is 1.94 bits per heavy atom. The van der Waals surface area contributed by atoms with Gasteiger partial charge in [0.15, 0.2) is 0 Å². The number of carbonyl (C=O) groups is 1. The van der Waals surface area contributed by atoms with Gasteiger partial charge in [-0.3, -0.25) is 4.79 Å². The van der Waals surface area contributed by atoms with Gasteiger partial charge in [0, 0.05) is 25.5 Å². The average molecular weight is 217 g/mol. The van der Waals surface area contributed by atoms with Crippen molar-refractivity contribution in [3.05, 3.63) is 24.3 Å². The zero-order chi connectivity index (χ0) is 12.1. The zero-order valence-corrected chi connectivity index (χ0v) is 9.69. The Hall–Kier alpha value is -2.02. The van der Waals surface area contributed by atoms with E-state index in [2.05, 4.69) is 5.32 Å². The van der Waals surface area contributed by atoms with Gasteiger partial charge in [-0.2, -0.15) is 5.26 Å². The Morgan fingerprint density at radius 3 is 2.38 bits per heavy atom. The first-order chi connectivity index (χ1) is 7.54. The zero-order valence-electron chi connectivity index (χ0n) is 9.69. The van der Waals surface area contributed by atoms with Crippen LogP contribution in [0.4, 0.5) is 11.4 Å². The summed E-state index contributed by atoms with van der Waals surface area (Å²) in [6.45, 7) is 1.57. The number of nitriles is 1.